The van der Waals surface area contributed by atoms with Crippen LogP contribution >= 0.6 is 0 Å². The Balaban J connectivity index is 1.63. The Morgan fingerprint density at radius 1 is 1.07 bits per heavy atom. The van der Waals surface area contributed by atoms with E-state index in [0.717, 1.165) is 32.2 Å². The SMILES string of the molecule is CCCCS(=O)(=O)N1CCC(C(=O)N2CCC[C@@H]2[C@@H](CC)c2ccccc2)CC1. The third kappa shape index (κ3) is 5.21. The summed E-state index contributed by atoms with van der Waals surface area (Å²) in [5.41, 5.74) is 1.32. The van der Waals surface area contributed by atoms with E-state index in [2.05, 4.69) is 36.1 Å². The molecule has 2 fully saturated rings. The van der Waals surface area contributed by atoms with Gasteiger partial charge in [-0.2, -0.15) is 0 Å². The van der Waals surface area contributed by atoms with Gasteiger partial charge in [0.2, 0.25) is 15.9 Å². The summed E-state index contributed by atoms with van der Waals surface area (Å²) in [6.45, 7) is 6.01. The molecule has 0 unspecified atom stereocenters. The van der Waals surface area contributed by atoms with Crippen molar-refractivity contribution in [2.45, 2.75) is 70.8 Å². The molecule has 0 bridgehead atoms. The Morgan fingerprint density at radius 2 is 1.76 bits per heavy atom. The van der Waals surface area contributed by atoms with Gasteiger partial charge in [-0.3, -0.25) is 4.79 Å². The second-order valence-electron chi connectivity index (χ2n) is 8.51. The van der Waals surface area contributed by atoms with Crippen LogP contribution < -0.4 is 0 Å². The van der Waals surface area contributed by atoms with Crippen molar-refractivity contribution < 1.29 is 13.2 Å². The molecule has 1 aromatic carbocycles. The molecule has 1 aromatic rings. The highest BCUT2D eigenvalue weighted by atomic mass is 32.2. The second-order valence-corrected chi connectivity index (χ2v) is 10.6. The summed E-state index contributed by atoms with van der Waals surface area (Å²) in [7, 11) is -3.17. The van der Waals surface area contributed by atoms with E-state index in [1.807, 2.05) is 13.0 Å². The van der Waals surface area contributed by atoms with Crippen LogP contribution in [0.4, 0.5) is 0 Å². The smallest absolute Gasteiger partial charge is 0.226 e. The van der Waals surface area contributed by atoms with E-state index in [9.17, 15) is 13.2 Å². The van der Waals surface area contributed by atoms with E-state index < -0.39 is 10.0 Å². The normalized spacial score (nSPS) is 22.7. The molecule has 2 atom stereocenters. The average Bonchev–Trinajstić information content (AvgIpc) is 3.22. The zero-order valence-corrected chi connectivity index (χ0v) is 18.7. The molecule has 162 valence electrons. The quantitative estimate of drug-likeness (QED) is 0.638. The van der Waals surface area contributed by atoms with Gasteiger partial charge in [-0.25, -0.2) is 12.7 Å². The first-order valence-corrected chi connectivity index (χ1v) is 12.9. The highest BCUT2D eigenvalue weighted by Gasteiger charge is 2.39. The Labute approximate surface area is 176 Å². The number of nitrogens with zero attached hydrogens (tertiary/aromatic N) is 2. The van der Waals surface area contributed by atoms with Gasteiger partial charge in [0.05, 0.1) is 5.75 Å². The van der Waals surface area contributed by atoms with Crippen molar-refractivity contribution in [3.8, 4) is 0 Å². The van der Waals surface area contributed by atoms with E-state index >= 15 is 0 Å². The fraction of sp³-hybridized carbons (Fsp3) is 0.696. The Morgan fingerprint density at radius 3 is 2.38 bits per heavy atom. The summed E-state index contributed by atoms with van der Waals surface area (Å²) in [4.78, 5) is 15.5. The van der Waals surface area contributed by atoms with E-state index in [0.29, 0.717) is 38.3 Å². The first-order chi connectivity index (χ1) is 14.0. The van der Waals surface area contributed by atoms with Gasteiger partial charge < -0.3 is 4.90 Å². The Kier molecular flexibility index (Phi) is 7.74. The predicted molar refractivity (Wildman–Crippen MR) is 117 cm³/mol. The van der Waals surface area contributed by atoms with E-state index in [-0.39, 0.29) is 23.6 Å². The van der Waals surface area contributed by atoms with Gasteiger partial charge in [0.1, 0.15) is 0 Å². The molecular formula is C23H36N2O3S. The van der Waals surface area contributed by atoms with E-state index in [1.165, 1.54) is 5.56 Å². The molecule has 0 radical (unpaired) electrons. The predicted octanol–water partition coefficient (Wildman–Crippen LogP) is 4.01. The second kappa shape index (κ2) is 10.1. The minimum absolute atomic E-state index is 0.0403. The summed E-state index contributed by atoms with van der Waals surface area (Å²) < 4.78 is 26.5. The molecule has 3 rings (SSSR count). The molecule has 0 N–H and O–H groups in total. The Hall–Kier alpha value is -1.40. The number of benzene rings is 1. The fourth-order valence-corrected chi connectivity index (χ4v) is 6.66. The van der Waals surface area contributed by atoms with Crippen molar-refractivity contribution in [3.63, 3.8) is 0 Å². The van der Waals surface area contributed by atoms with Gasteiger partial charge in [0.15, 0.2) is 0 Å². The summed E-state index contributed by atoms with van der Waals surface area (Å²) in [5, 5.41) is 0. The van der Waals surface area contributed by atoms with Crippen molar-refractivity contribution in [2.24, 2.45) is 5.92 Å². The number of hydrogen-bond acceptors (Lipinski definition) is 3. The first-order valence-electron chi connectivity index (χ1n) is 11.3. The molecule has 29 heavy (non-hydrogen) atoms. The first kappa shape index (κ1) is 22.3. The zero-order valence-electron chi connectivity index (χ0n) is 17.9. The number of likely N-dealkylation sites (tertiary alicyclic amines) is 1. The van der Waals surface area contributed by atoms with Crippen LogP contribution in [0, 0.1) is 5.92 Å². The molecule has 0 aliphatic carbocycles. The van der Waals surface area contributed by atoms with Crippen LogP contribution in [0.1, 0.15) is 70.3 Å². The lowest BCUT2D eigenvalue weighted by molar-refractivity contribution is -0.138. The van der Waals surface area contributed by atoms with Gasteiger partial charge >= 0.3 is 0 Å². The highest BCUT2D eigenvalue weighted by molar-refractivity contribution is 7.89. The van der Waals surface area contributed by atoms with Crippen LogP contribution in [0.15, 0.2) is 30.3 Å². The number of hydrogen-bond donors (Lipinski definition) is 0. The van der Waals surface area contributed by atoms with Crippen LogP contribution in [0.25, 0.3) is 0 Å². The summed E-state index contributed by atoms with van der Waals surface area (Å²) in [6, 6.07) is 10.8. The maximum absolute atomic E-state index is 13.3. The van der Waals surface area contributed by atoms with Crippen LogP contribution in [0.5, 0.6) is 0 Å². The lowest BCUT2D eigenvalue weighted by Gasteiger charge is -2.37. The molecular weight excluding hydrogens is 384 g/mol. The molecule has 5 nitrogen and oxygen atoms in total. The molecule has 2 aliphatic heterocycles. The summed E-state index contributed by atoms with van der Waals surface area (Å²) in [5.74, 6) is 0.803. The van der Waals surface area contributed by atoms with Crippen molar-refractivity contribution in [2.75, 3.05) is 25.4 Å². The molecule has 0 saturated carbocycles. The monoisotopic (exact) mass is 420 g/mol. The van der Waals surface area contributed by atoms with Gasteiger partial charge in [-0.05, 0) is 44.1 Å². The van der Waals surface area contributed by atoms with Crippen molar-refractivity contribution >= 4 is 15.9 Å². The number of unbranched alkanes of at least 4 members (excludes halogenated alkanes) is 1. The van der Waals surface area contributed by atoms with E-state index in [4.69, 9.17) is 0 Å². The van der Waals surface area contributed by atoms with Crippen LogP contribution in [0.3, 0.4) is 0 Å². The zero-order chi connectivity index (χ0) is 20.9. The Bertz CT molecular complexity index is 758. The lowest BCUT2D eigenvalue weighted by Crippen LogP contribution is -2.47. The number of sulfonamides is 1. The maximum Gasteiger partial charge on any atom is 0.226 e. The average molecular weight is 421 g/mol. The molecule has 6 heteroatoms. The number of carbonyl (C=O) groups excluding carboxylic acids is 1. The number of piperidine rings is 1. The number of amides is 1. The van der Waals surface area contributed by atoms with Gasteiger partial charge in [0, 0.05) is 37.5 Å². The van der Waals surface area contributed by atoms with Crippen LogP contribution in [-0.4, -0.2) is 55.0 Å². The lowest BCUT2D eigenvalue weighted by atomic mass is 9.87. The van der Waals surface area contributed by atoms with Gasteiger partial charge in [-0.15, -0.1) is 0 Å². The van der Waals surface area contributed by atoms with E-state index in [1.54, 1.807) is 4.31 Å². The molecule has 0 aromatic heterocycles. The van der Waals surface area contributed by atoms with Gasteiger partial charge in [0.25, 0.3) is 0 Å². The molecule has 2 aliphatic rings. The van der Waals surface area contributed by atoms with Crippen LogP contribution in [0.2, 0.25) is 0 Å². The third-order valence-corrected chi connectivity index (χ3v) is 8.62. The summed E-state index contributed by atoms with van der Waals surface area (Å²) >= 11 is 0. The maximum atomic E-state index is 13.3. The highest BCUT2D eigenvalue weighted by Crippen LogP contribution is 2.35. The topological polar surface area (TPSA) is 57.7 Å². The summed E-state index contributed by atoms with van der Waals surface area (Å²) in [6.07, 6.45) is 6.02. The minimum atomic E-state index is -3.17. The largest absolute Gasteiger partial charge is 0.339 e. The standard InChI is InChI=1S/C23H36N2O3S/c1-3-5-18-29(27,28)24-16-13-20(14-17-24)23(26)25-15-9-12-22(25)21(4-2)19-10-7-6-8-11-19/h6-8,10-11,20-22H,3-5,9,12-18H2,1-2H3/t21-,22+/m0/s1. The van der Waals surface area contributed by atoms with Crippen molar-refractivity contribution in [3.05, 3.63) is 35.9 Å². The van der Waals surface area contributed by atoms with Crippen molar-refractivity contribution in [1.82, 2.24) is 9.21 Å². The number of rotatable bonds is 8. The molecule has 0 spiro atoms. The number of carbonyl (C=O) groups is 1. The molecule has 2 heterocycles. The van der Waals surface area contributed by atoms with Crippen LogP contribution in [-0.2, 0) is 14.8 Å². The molecule has 2 saturated heterocycles. The minimum Gasteiger partial charge on any atom is -0.339 e. The fourth-order valence-electron chi connectivity index (χ4n) is 4.99. The van der Waals surface area contributed by atoms with Crippen molar-refractivity contribution in [1.29, 1.82) is 0 Å². The third-order valence-electron chi connectivity index (χ3n) is 6.67. The molecule has 1 amide bonds. The van der Waals surface area contributed by atoms with Gasteiger partial charge in [-0.1, -0.05) is 50.6 Å².